The van der Waals surface area contributed by atoms with Crippen LogP contribution in [0.15, 0.2) is 82.1 Å². The van der Waals surface area contributed by atoms with Crippen molar-refractivity contribution >= 4 is 37.2 Å². The minimum Gasteiger partial charge on any atom is -0.744 e. The molecule has 9 nitrogen and oxygen atoms in total. The number of rotatable bonds is 10. The monoisotopic (exact) mass is 560 g/mol. The molecule has 1 aliphatic carbocycles. The lowest BCUT2D eigenvalue weighted by Gasteiger charge is -2.23. The summed E-state index contributed by atoms with van der Waals surface area (Å²) in [5.74, 6) is 2.92. The zero-order valence-corrected chi connectivity index (χ0v) is 23.7. The van der Waals surface area contributed by atoms with E-state index in [9.17, 15) is 21.4 Å². The maximum absolute atomic E-state index is 12.4. The fourth-order valence-electron chi connectivity index (χ4n) is 4.47. The van der Waals surface area contributed by atoms with Gasteiger partial charge in [-0.1, -0.05) is 22.5 Å². The lowest BCUT2D eigenvalue weighted by atomic mass is 9.90. The summed E-state index contributed by atoms with van der Waals surface area (Å²) in [6, 6.07) is 11.0. The Morgan fingerprint density at radius 2 is 1.47 bits per heavy atom. The minimum absolute atomic E-state index is 0.0918. The first-order chi connectivity index (χ1) is 18.0. The van der Waals surface area contributed by atoms with Crippen LogP contribution in [0.4, 0.5) is 5.69 Å². The van der Waals surface area contributed by atoms with E-state index in [-0.39, 0.29) is 5.56 Å². The highest BCUT2D eigenvalue weighted by molar-refractivity contribution is 7.87. The van der Waals surface area contributed by atoms with Crippen LogP contribution >= 0.6 is 0 Å². The van der Waals surface area contributed by atoms with Crippen LogP contribution in [0.25, 0.3) is 5.57 Å². The van der Waals surface area contributed by atoms with Gasteiger partial charge in [0.05, 0.1) is 4.90 Å². The van der Waals surface area contributed by atoms with E-state index in [4.69, 9.17) is 0 Å². The molecular formula is C27H34N3O6S2+. The highest BCUT2D eigenvalue weighted by atomic mass is 32.2. The highest BCUT2D eigenvalue weighted by Gasteiger charge is 2.24. The van der Waals surface area contributed by atoms with E-state index in [1.165, 1.54) is 12.1 Å². The Labute approximate surface area is 225 Å². The van der Waals surface area contributed by atoms with Gasteiger partial charge in [0.2, 0.25) is 0 Å². The van der Waals surface area contributed by atoms with Gasteiger partial charge < -0.3 is 9.45 Å². The second-order valence-corrected chi connectivity index (χ2v) is 11.5. The normalized spacial score (nSPS) is 13.6. The number of nitrogens with zero attached hydrogens (tertiary/aromatic N) is 2. The third kappa shape index (κ3) is 6.30. The summed E-state index contributed by atoms with van der Waals surface area (Å²) < 4.78 is 68.1. The molecule has 0 unspecified atom stereocenters. The summed E-state index contributed by atoms with van der Waals surface area (Å²) in [5.41, 5.74) is 3.92. The minimum atomic E-state index is -5.07. The smallest absolute Gasteiger partial charge is 0.342 e. The Bertz CT molecular complexity index is 1490. The van der Waals surface area contributed by atoms with Gasteiger partial charge in [0.15, 0.2) is 5.71 Å². The van der Waals surface area contributed by atoms with Gasteiger partial charge in [-0.25, -0.2) is 13.0 Å². The van der Waals surface area contributed by atoms with Crippen molar-refractivity contribution < 1.29 is 36.1 Å². The summed E-state index contributed by atoms with van der Waals surface area (Å²) in [4.78, 5) is 1.04. The molecule has 3 rings (SSSR count). The first kappa shape index (κ1) is 29.5. The molecule has 0 saturated carbocycles. The van der Waals surface area contributed by atoms with E-state index in [0.717, 1.165) is 43.6 Å². The number of allylic oxidation sites excluding steroid dienone is 5. The summed E-state index contributed by atoms with van der Waals surface area (Å²) in [5, 5.41) is 0. The predicted molar refractivity (Wildman–Crippen MR) is 146 cm³/mol. The molecule has 38 heavy (non-hydrogen) atoms. The largest absolute Gasteiger partial charge is 0.744 e. The van der Waals surface area contributed by atoms with Gasteiger partial charge in [0, 0.05) is 36.5 Å². The van der Waals surface area contributed by atoms with Gasteiger partial charge in [-0.05, 0) is 80.8 Å². The molecule has 0 heterocycles. The van der Waals surface area contributed by atoms with E-state index >= 15 is 0 Å². The van der Waals surface area contributed by atoms with Gasteiger partial charge in [-0.2, -0.15) is 14.3 Å². The zero-order valence-electron chi connectivity index (χ0n) is 22.0. The zero-order chi connectivity index (χ0) is 28.1. The van der Waals surface area contributed by atoms with Crippen molar-refractivity contribution in [3.8, 4) is 0 Å². The molecule has 0 amide bonds. The molecule has 0 radical (unpaired) electrons. The van der Waals surface area contributed by atoms with Crippen molar-refractivity contribution in [2.45, 2.75) is 37.5 Å². The van der Waals surface area contributed by atoms with E-state index in [0.29, 0.717) is 16.7 Å². The van der Waals surface area contributed by atoms with Crippen molar-refractivity contribution in [1.29, 1.82) is 0 Å². The molecule has 2 aromatic rings. The van der Waals surface area contributed by atoms with Crippen LogP contribution in [0.5, 0.6) is 0 Å². The molecular weight excluding hydrogens is 526 g/mol. The maximum Gasteiger partial charge on any atom is 0.342 e. The quantitative estimate of drug-likeness (QED) is 0.268. The van der Waals surface area contributed by atoms with E-state index in [2.05, 4.69) is 47.4 Å². The van der Waals surface area contributed by atoms with E-state index in [1.807, 2.05) is 48.6 Å². The third-order valence-corrected chi connectivity index (χ3v) is 8.52. The molecule has 3 N–H and O–H groups in total. The van der Waals surface area contributed by atoms with Gasteiger partial charge in [0.25, 0.3) is 0 Å². The highest BCUT2D eigenvalue weighted by Crippen LogP contribution is 2.35. The summed E-state index contributed by atoms with van der Waals surface area (Å²) >= 11 is 0. The lowest BCUT2D eigenvalue weighted by Crippen LogP contribution is -2.51. The van der Waals surface area contributed by atoms with Crippen molar-refractivity contribution in [3.63, 3.8) is 0 Å². The molecule has 204 valence electrons. The Morgan fingerprint density at radius 1 is 0.895 bits per heavy atom. The first-order valence-electron chi connectivity index (χ1n) is 12.4. The van der Waals surface area contributed by atoms with Crippen LogP contribution in [0, 0.1) is 0 Å². The van der Waals surface area contributed by atoms with Crippen molar-refractivity contribution in [2.24, 2.45) is 0 Å². The Hall–Kier alpha value is -3.09. The molecule has 2 aromatic carbocycles. The Balaban J connectivity index is 2.33. The Morgan fingerprint density at radius 3 is 1.95 bits per heavy atom. The summed E-state index contributed by atoms with van der Waals surface area (Å²) in [6.07, 6.45) is 7.61. The molecule has 0 saturated heterocycles. The van der Waals surface area contributed by atoms with Gasteiger partial charge in [0.1, 0.15) is 28.1 Å². The number of benzene rings is 2. The van der Waals surface area contributed by atoms with Crippen LogP contribution in [-0.4, -0.2) is 57.9 Å². The molecule has 0 aromatic heterocycles. The first-order valence-corrected chi connectivity index (χ1v) is 15.2. The number of hydrogen-bond donors (Lipinski definition) is 1. The summed E-state index contributed by atoms with van der Waals surface area (Å²) in [7, 11) is -9.40. The average Bonchev–Trinajstić information content (AvgIpc) is 2.91. The molecule has 11 heteroatoms. The second kappa shape index (κ2) is 12.2. The maximum atomic E-state index is 12.4. The molecule has 0 aliphatic heterocycles. The fraction of sp³-hybridized carbons (Fsp3) is 0.296. The van der Waals surface area contributed by atoms with Crippen molar-refractivity contribution in [2.75, 3.05) is 31.1 Å². The molecule has 0 atom stereocenters. The van der Waals surface area contributed by atoms with Gasteiger partial charge >= 0.3 is 10.1 Å². The molecule has 0 bridgehead atoms. The number of hydrogen-bond acceptors (Lipinski definition) is 7. The predicted octanol–water partition coefficient (Wildman–Crippen LogP) is 2.72. The van der Waals surface area contributed by atoms with Crippen LogP contribution in [-0.2, 0) is 24.5 Å². The summed E-state index contributed by atoms with van der Waals surface area (Å²) in [6.45, 7) is 11.5. The second-order valence-electron chi connectivity index (χ2n) is 8.50. The molecule has 0 fully saturated rings. The van der Waals surface area contributed by atoms with E-state index < -0.39 is 30.0 Å². The number of anilines is 1. The number of quaternary nitrogens is 1. The van der Waals surface area contributed by atoms with Gasteiger partial charge in [-0.15, -0.1) is 0 Å². The van der Waals surface area contributed by atoms with Crippen LogP contribution < -0.4 is 10.8 Å². The van der Waals surface area contributed by atoms with Crippen LogP contribution in [0.1, 0.15) is 38.8 Å². The van der Waals surface area contributed by atoms with Crippen LogP contribution in [0.3, 0.4) is 0 Å². The van der Waals surface area contributed by atoms with E-state index in [1.54, 1.807) is 0 Å². The molecule has 0 spiro atoms. The van der Waals surface area contributed by atoms with Crippen molar-refractivity contribution in [3.05, 3.63) is 83.5 Å². The topological polar surface area (TPSA) is 134 Å². The van der Waals surface area contributed by atoms with Gasteiger partial charge in [-0.3, -0.25) is 0 Å². The third-order valence-electron chi connectivity index (χ3n) is 6.50. The van der Waals surface area contributed by atoms with Crippen LogP contribution in [0.2, 0.25) is 0 Å². The SMILES string of the molecule is CCN(CC)c1ccc(C(=C2C=CC(=[N+](CC)CC)C=C2)c2ccc(S(=O)(=O)O[NH3+])cc2S(=O)(=O)[O-])cc1. The average molecular weight is 561 g/mol. The Kier molecular flexibility index (Phi) is 9.45. The van der Waals surface area contributed by atoms with Crippen molar-refractivity contribution in [1.82, 2.24) is 0 Å². The standard InChI is InChI=1S/C27H34N3O6S2/c1-5-29(6-2)22-13-9-20(10-14-22)27(21-11-15-23(16-12-21)30(7-3)8-4)25-18-17-24(38(34,35)36-28)19-26(25)37(31,32)33/h9-19H,5-8H2,1-4,28H3/q+1. The molecule has 1 aliphatic rings. The lowest BCUT2D eigenvalue weighted by molar-refractivity contribution is -0.635. The fourth-order valence-corrected chi connectivity index (χ4v) is 5.89.